The average molecular weight is 287 g/mol. The number of anilines is 1. The summed E-state index contributed by atoms with van der Waals surface area (Å²) in [5.41, 5.74) is 0.904. The minimum Gasteiger partial charge on any atom is -0.494 e. The van der Waals surface area contributed by atoms with Crippen LogP contribution in [-0.4, -0.2) is 12.9 Å². The first kappa shape index (κ1) is 15.9. The Morgan fingerprint density at radius 3 is 2.40 bits per heavy atom. The first-order valence-corrected chi connectivity index (χ1v) is 7.56. The van der Waals surface area contributed by atoms with Crippen molar-refractivity contribution in [2.75, 3.05) is 18.2 Å². The van der Waals surface area contributed by atoms with Crippen LogP contribution in [0.4, 0.5) is 5.69 Å². The van der Waals surface area contributed by atoms with Crippen molar-refractivity contribution in [2.45, 2.75) is 19.8 Å². The minimum atomic E-state index is 0.0840. The molecule has 1 rings (SSSR count). The molecule has 0 aliphatic rings. The second-order valence-electron chi connectivity index (χ2n) is 3.98. The highest BCUT2D eigenvalue weighted by Gasteiger charge is 2.05. The normalized spacial score (nSPS) is 9.20. The number of benzene rings is 1. The molecule has 0 aliphatic heterocycles. The Balaban J connectivity index is 2.72. The molecule has 0 heterocycles. The van der Waals surface area contributed by atoms with E-state index in [1.807, 2.05) is 42.7 Å². The lowest BCUT2D eigenvalue weighted by molar-refractivity contribution is 0.309. The number of nitrogens with zero attached hydrogens (tertiary/aromatic N) is 2. The zero-order valence-electron chi connectivity index (χ0n) is 11.6. The number of hydrogen-bond acceptors (Lipinski definition) is 5. The number of ether oxygens (including phenoxy) is 1. The Morgan fingerprint density at radius 1 is 1.25 bits per heavy atom. The second kappa shape index (κ2) is 8.90. The third-order valence-electron chi connectivity index (χ3n) is 2.53. The van der Waals surface area contributed by atoms with Crippen molar-refractivity contribution in [1.82, 2.24) is 0 Å². The molecule has 0 aliphatic carbocycles. The molecule has 20 heavy (non-hydrogen) atoms. The molecule has 1 aromatic rings. The minimum absolute atomic E-state index is 0.0840. The van der Waals surface area contributed by atoms with Crippen molar-refractivity contribution in [2.24, 2.45) is 0 Å². The Kier molecular flexibility index (Phi) is 7.10. The van der Waals surface area contributed by atoms with Crippen molar-refractivity contribution >= 4 is 17.4 Å². The Labute approximate surface area is 124 Å². The third-order valence-corrected chi connectivity index (χ3v) is 3.25. The van der Waals surface area contributed by atoms with Gasteiger partial charge in [0.25, 0.3) is 0 Å². The average Bonchev–Trinajstić information content (AvgIpc) is 2.49. The molecule has 104 valence electrons. The van der Waals surface area contributed by atoms with Crippen LogP contribution in [0, 0.1) is 22.7 Å². The molecule has 0 saturated carbocycles. The molecule has 0 radical (unpaired) electrons. The fourth-order valence-corrected chi connectivity index (χ4v) is 1.96. The van der Waals surface area contributed by atoms with Gasteiger partial charge in [0.1, 0.15) is 22.9 Å². The summed E-state index contributed by atoms with van der Waals surface area (Å²) in [7, 11) is 0. The summed E-state index contributed by atoms with van der Waals surface area (Å²) in [6.07, 6.45) is 3.96. The van der Waals surface area contributed by atoms with Gasteiger partial charge in [-0.05, 0) is 36.9 Å². The lowest BCUT2D eigenvalue weighted by Gasteiger charge is -2.10. The number of unbranched alkanes of at least 4 members (excludes halogenated alkanes) is 1. The van der Waals surface area contributed by atoms with E-state index in [4.69, 9.17) is 15.3 Å². The van der Waals surface area contributed by atoms with E-state index in [-0.39, 0.29) is 5.57 Å². The van der Waals surface area contributed by atoms with E-state index in [1.165, 1.54) is 11.8 Å². The molecule has 0 spiro atoms. The van der Waals surface area contributed by atoms with Crippen molar-refractivity contribution in [3.63, 3.8) is 0 Å². The van der Waals surface area contributed by atoms with Gasteiger partial charge in [0.15, 0.2) is 5.57 Å². The van der Waals surface area contributed by atoms with Crippen LogP contribution in [0.25, 0.3) is 0 Å². The van der Waals surface area contributed by atoms with Gasteiger partial charge >= 0.3 is 0 Å². The van der Waals surface area contributed by atoms with Crippen molar-refractivity contribution in [3.05, 3.63) is 34.9 Å². The van der Waals surface area contributed by atoms with Gasteiger partial charge < -0.3 is 10.1 Å². The summed E-state index contributed by atoms with van der Waals surface area (Å²) >= 11 is 1.34. The first-order valence-electron chi connectivity index (χ1n) is 6.33. The van der Waals surface area contributed by atoms with Crippen LogP contribution in [0.2, 0.25) is 0 Å². The maximum atomic E-state index is 8.87. The van der Waals surface area contributed by atoms with Gasteiger partial charge in [-0.1, -0.05) is 13.3 Å². The summed E-state index contributed by atoms with van der Waals surface area (Å²) in [6, 6.07) is 11.2. The quantitative estimate of drug-likeness (QED) is 0.608. The highest BCUT2D eigenvalue weighted by Crippen LogP contribution is 2.22. The predicted molar refractivity (Wildman–Crippen MR) is 82.2 cm³/mol. The number of allylic oxidation sites excluding steroid dienone is 1. The van der Waals surface area contributed by atoms with Crippen molar-refractivity contribution < 1.29 is 4.74 Å². The third kappa shape index (κ3) is 4.87. The van der Waals surface area contributed by atoms with Crippen LogP contribution in [0.15, 0.2) is 34.9 Å². The van der Waals surface area contributed by atoms with Crippen LogP contribution in [0.5, 0.6) is 5.75 Å². The number of hydrogen-bond donors (Lipinski definition) is 1. The Hall–Kier alpha value is -2.11. The molecule has 5 heteroatoms. The molecule has 0 unspecified atom stereocenters. The summed E-state index contributed by atoms with van der Waals surface area (Å²) in [4.78, 5) is 0. The van der Waals surface area contributed by atoms with E-state index in [1.54, 1.807) is 0 Å². The van der Waals surface area contributed by atoms with Crippen molar-refractivity contribution in [1.29, 1.82) is 10.5 Å². The topological polar surface area (TPSA) is 68.8 Å². The number of nitrogens with one attached hydrogen (secondary N) is 1. The van der Waals surface area contributed by atoms with Crippen LogP contribution >= 0.6 is 11.8 Å². The van der Waals surface area contributed by atoms with Gasteiger partial charge in [0, 0.05) is 5.69 Å². The molecule has 0 fully saturated rings. The smallest absolute Gasteiger partial charge is 0.159 e. The molecule has 0 saturated heterocycles. The standard InChI is InChI=1S/C15H17N3OS/c1-3-4-9-19-14-7-5-13(6-8-14)18-15(20-2)12(10-16)11-17/h5-8,18H,3-4,9H2,1-2H3. The molecule has 1 aromatic carbocycles. The summed E-state index contributed by atoms with van der Waals surface area (Å²) < 4.78 is 5.57. The molecule has 0 atom stereocenters. The maximum Gasteiger partial charge on any atom is 0.159 e. The first-order chi connectivity index (χ1) is 9.74. The molecule has 0 bridgehead atoms. The summed E-state index contributed by atoms with van der Waals surface area (Å²) in [5.74, 6) is 0.819. The lowest BCUT2D eigenvalue weighted by atomic mass is 10.3. The fourth-order valence-electron chi connectivity index (χ4n) is 1.44. The number of thioether (sulfide) groups is 1. The van der Waals surface area contributed by atoms with Crippen molar-refractivity contribution in [3.8, 4) is 17.9 Å². The van der Waals surface area contributed by atoms with E-state index in [0.717, 1.165) is 24.3 Å². The van der Waals surface area contributed by atoms with Gasteiger partial charge in [-0.2, -0.15) is 10.5 Å². The van der Waals surface area contributed by atoms with Gasteiger partial charge in [0.05, 0.1) is 6.61 Å². The molecular formula is C15H17N3OS. The van der Waals surface area contributed by atoms with Gasteiger partial charge in [-0.25, -0.2) is 0 Å². The highest BCUT2D eigenvalue weighted by atomic mass is 32.2. The van der Waals surface area contributed by atoms with E-state index >= 15 is 0 Å². The molecular weight excluding hydrogens is 270 g/mol. The zero-order valence-corrected chi connectivity index (χ0v) is 12.5. The van der Waals surface area contributed by atoms with Gasteiger partial charge in [-0.15, -0.1) is 11.8 Å². The van der Waals surface area contributed by atoms with Crippen LogP contribution < -0.4 is 10.1 Å². The predicted octanol–water partition coefficient (Wildman–Crippen LogP) is 3.90. The van der Waals surface area contributed by atoms with E-state index in [0.29, 0.717) is 11.6 Å². The lowest BCUT2D eigenvalue weighted by Crippen LogP contribution is -2.00. The highest BCUT2D eigenvalue weighted by molar-refractivity contribution is 8.02. The number of nitriles is 2. The largest absolute Gasteiger partial charge is 0.494 e. The van der Waals surface area contributed by atoms with E-state index in [2.05, 4.69) is 12.2 Å². The molecule has 1 N–H and O–H groups in total. The van der Waals surface area contributed by atoms with Crippen LogP contribution in [0.1, 0.15) is 19.8 Å². The van der Waals surface area contributed by atoms with Crippen LogP contribution in [0.3, 0.4) is 0 Å². The zero-order chi connectivity index (χ0) is 14.8. The van der Waals surface area contributed by atoms with Crippen LogP contribution in [-0.2, 0) is 0 Å². The van der Waals surface area contributed by atoms with E-state index in [9.17, 15) is 0 Å². The summed E-state index contributed by atoms with van der Waals surface area (Å²) in [6.45, 7) is 2.83. The Morgan fingerprint density at radius 2 is 1.90 bits per heavy atom. The van der Waals surface area contributed by atoms with Gasteiger partial charge in [-0.3, -0.25) is 0 Å². The maximum absolute atomic E-state index is 8.87. The molecule has 0 amide bonds. The molecule has 4 nitrogen and oxygen atoms in total. The van der Waals surface area contributed by atoms with Gasteiger partial charge in [0.2, 0.25) is 0 Å². The summed E-state index contributed by atoms with van der Waals surface area (Å²) in [5, 5.41) is 21.4. The Bertz CT molecular complexity index is 522. The molecule has 0 aromatic heterocycles. The monoisotopic (exact) mass is 287 g/mol. The fraction of sp³-hybridized carbons (Fsp3) is 0.333. The van der Waals surface area contributed by atoms with E-state index < -0.39 is 0 Å². The second-order valence-corrected chi connectivity index (χ2v) is 4.80. The SMILES string of the molecule is CCCCOc1ccc(NC(SC)=C(C#N)C#N)cc1. The number of rotatable bonds is 7.